The molecule has 2 rings (SSSR count). The van der Waals surface area contributed by atoms with Gasteiger partial charge in [-0.05, 0) is 18.1 Å². The molecule has 6 heteroatoms. The van der Waals surface area contributed by atoms with Crippen molar-refractivity contribution in [1.82, 2.24) is 5.32 Å². The number of nitrogens with zero attached hydrogens (tertiary/aromatic N) is 1. The van der Waals surface area contributed by atoms with E-state index < -0.39 is 4.92 Å². The molecule has 0 aromatic heterocycles. The molecule has 0 aliphatic heterocycles. The average Bonchev–Trinajstić information content (AvgIpc) is 2.58. The van der Waals surface area contributed by atoms with Crippen molar-refractivity contribution in [2.24, 2.45) is 0 Å². The van der Waals surface area contributed by atoms with Gasteiger partial charge in [-0.15, -0.1) is 0 Å². The molecule has 23 heavy (non-hydrogen) atoms. The van der Waals surface area contributed by atoms with E-state index in [-0.39, 0.29) is 24.0 Å². The van der Waals surface area contributed by atoms with Crippen molar-refractivity contribution in [1.29, 1.82) is 0 Å². The molecule has 6 nitrogen and oxygen atoms in total. The van der Waals surface area contributed by atoms with Gasteiger partial charge in [0.25, 0.3) is 0 Å². The van der Waals surface area contributed by atoms with Gasteiger partial charge >= 0.3 is 5.69 Å². The summed E-state index contributed by atoms with van der Waals surface area (Å²) in [6.07, 6.45) is 0.806. The van der Waals surface area contributed by atoms with Crippen molar-refractivity contribution in [3.63, 3.8) is 0 Å². The van der Waals surface area contributed by atoms with Crippen LogP contribution >= 0.6 is 0 Å². The molecule has 0 bridgehead atoms. The van der Waals surface area contributed by atoms with Crippen molar-refractivity contribution in [2.75, 3.05) is 6.61 Å². The number of rotatable bonds is 8. The summed E-state index contributed by atoms with van der Waals surface area (Å²) in [7, 11) is 0. The van der Waals surface area contributed by atoms with Crippen LogP contribution in [-0.2, 0) is 11.3 Å². The molecule has 0 fully saturated rings. The number of para-hydroxylation sites is 2. The molecule has 0 heterocycles. The maximum atomic E-state index is 11.7. The van der Waals surface area contributed by atoms with Gasteiger partial charge in [0.05, 0.1) is 11.5 Å². The van der Waals surface area contributed by atoms with Crippen molar-refractivity contribution < 1.29 is 14.5 Å². The first-order valence-electron chi connectivity index (χ1n) is 7.33. The highest BCUT2D eigenvalue weighted by Gasteiger charge is 2.13. The smallest absolute Gasteiger partial charge is 0.310 e. The molecule has 2 aromatic carbocycles. The fourth-order valence-corrected chi connectivity index (χ4v) is 2.03. The maximum absolute atomic E-state index is 11.7. The summed E-state index contributed by atoms with van der Waals surface area (Å²) in [5.41, 5.74) is 0.970. The number of hydrogen-bond donors (Lipinski definition) is 1. The van der Waals surface area contributed by atoms with Gasteiger partial charge in [0.1, 0.15) is 0 Å². The third-order valence-electron chi connectivity index (χ3n) is 3.20. The molecule has 120 valence electrons. The van der Waals surface area contributed by atoms with Crippen LogP contribution in [0.3, 0.4) is 0 Å². The van der Waals surface area contributed by atoms with Crippen molar-refractivity contribution >= 4 is 11.6 Å². The van der Waals surface area contributed by atoms with Crippen LogP contribution in [0.4, 0.5) is 5.69 Å². The lowest BCUT2D eigenvalue weighted by Crippen LogP contribution is -2.22. The minimum Gasteiger partial charge on any atom is -0.487 e. The Morgan fingerprint density at radius 1 is 1.09 bits per heavy atom. The molecule has 0 aliphatic carbocycles. The predicted molar refractivity (Wildman–Crippen MR) is 86.1 cm³/mol. The average molecular weight is 314 g/mol. The van der Waals surface area contributed by atoms with E-state index in [2.05, 4.69) is 5.32 Å². The van der Waals surface area contributed by atoms with Gasteiger partial charge in [-0.2, -0.15) is 0 Å². The molecule has 0 saturated heterocycles. The standard InChI is InChI=1S/C17H18N2O4/c20-17(18-13-14-7-2-1-3-8-14)11-6-12-23-16-10-5-4-9-15(16)19(21)22/h1-5,7-10H,6,11-13H2,(H,18,20). The number of carbonyl (C=O) groups excluding carboxylic acids is 1. The molecule has 0 aliphatic rings. The molecule has 0 unspecified atom stereocenters. The van der Waals surface area contributed by atoms with Crippen LogP contribution < -0.4 is 10.1 Å². The number of carbonyl (C=O) groups is 1. The van der Waals surface area contributed by atoms with E-state index in [1.165, 1.54) is 6.07 Å². The topological polar surface area (TPSA) is 81.5 Å². The summed E-state index contributed by atoms with van der Waals surface area (Å²) in [6, 6.07) is 15.8. The van der Waals surface area contributed by atoms with Crippen LogP contribution in [0.5, 0.6) is 5.75 Å². The number of nitro benzene ring substituents is 1. The Morgan fingerprint density at radius 3 is 2.52 bits per heavy atom. The Kier molecular flexibility index (Phi) is 6.11. The summed E-state index contributed by atoms with van der Waals surface area (Å²) in [5, 5.41) is 13.7. The summed E-state index contributed by atoms with van der Waals surface area (Å²) in [4.78, 5) is 22.1. The summed E-state index contributed by atoms with van der Waals surface area (Å²) < 4.78 is 5.39. The number of amides is 1. The van der Waals surface area contributed by atoms with E-state index in [0.717, 1.165) is 5.56 Å². The zero-order valence-corrected chi connectivity index (χ0v) is 12.6. The molecular formula is C17H18N2O4. The number of nitrogens with one attached hydrogen (secondary N) is 1. The lowest BCUT2D eigenvalue weighted by Gasteiger charge is -2.07. The summed E-state index contributed by atoms with van der Waals surface area (Å²) in [5.74, 6) is 0.155. The Bertz CT molecular complexity index is 659. The van der Waals surface area contributed by atoms with Crippen LogP contribution in [0.1, 0.15) is 18.4 Å². The highest BCUT2D eigenvalue weighted by atomic mass is 16.6. The molecule has 1 amide bonds. The first-order chi connectivity index (χ1) is 11.2. The number of nitro groups is 1. The molecule has 0 saturated carbocycles. The van der Waals surface area contributed by atoms with Crippen molar-refractivity contribution in [2.45, 2.75) is 19.4 Å². The lowest BCUT2D eigenvalue weighted by atomic mass is 10.2. The Hall–Kier alpha value is -2.89. The van der Waals surface area contributed by atoms with E-state index in [0.29, 0.717) is 19.4 Å². The van der Waals surface area contributed by atoms with Crippen LogP contribution in [0.15, 0.2) is 54.6 Å². The number of hydrogen-bond acceptors (Lipinski definition) is 4. The van der Waals surface area contributed by atoms with Crippen molar-refractivity contribution in [3.05, 3.63) is 70.3 Å². The van der Waals surface area contributed by atoms with Crippen LogP contribution in [0.2, 0.25) is 0 Å². The minimum absolute atomic E-state index is 0.0685. The zero-order chi connectivity index (χ0) is 16.5. The first-order valence-corrected chi connectivity index (χ1v) is 7.33. The molecule has 2 aromatic rings. The van der Waals surface area contributed by atoms with Crippen LogP contribution in [-0.4, -0.2) is 17.4 Å². The minimum atomic E-state index is -0.484. The van der Waals surface area contributed by atoms with Crippen molar-refractivity contribution in [3.8, 4) is 5.75 Å². The quantitative estimate of drug-likeness (QED) is 0.461. The van der Waals surface area contributed by atoms with Crippen LogP contribution in [0.25, 0.3) is 0 Å². The van der Waals surface area contributed by atoms with E-state index in [4.69, 9.17) is 4.74 Å². The lowest BCUT2D eigenvalue weighted by molar-refractivity contribution is -0.385. The molecule has 0 radical (unpaired) electrons. The Morgan fingerprint density at radius 2 is 1.78 bits per heavy atom. The Balaban J connectivity index is 1.69. The van der Waals surface area contributed by atoms with Gasteiger partial charge in [0, 0.05) is 19.0 Å². The van der Waals surface area contributed by atoms with Gasteiger partial charge in [0.2, 0.25) is 5.91 Å². The van der Waals surface area contributed by atoms with E-state index in [1.807, 2.05) is 30.3 Å². The normalized spacial score (nSPS) is 10.1. The van der Waals surface area contributed by atoms with Crippen LogP contribution in [0, 0.1) is 10.1 Å². The van der Waals surface area contributed by atoms with Gasteiger partial charge in [-0.1, -0.05) is 42.5 Å². The van der Waals surface area contributed by atoms with Gasteiger partial charge in [-0.3, -0.25) is 14.9 Å². The molecule has 0 atom stereocenters. The van der Waals surface area contributed by atoms with Gasteiger partial charge < -0.3 is 10.1 Å². The second-order valence-electron chi connectivity index (χ2n) is 4.94. The van der Waals surface area contributed by atoms with E-state index in [9.17, 15) is 14.9 Å². The first kappa shape index (κ1) is 16.5. The SMILES string of the molecule is O=C(CCCOc1ccccc1[N+](=O)[O-])NCc1ccccc1. The van der Waals surface area contributed by atoms with E-state index >= 15 is 0 Å². The summed E-state index contributed by atoms with van der Waals surface area (Å²) in [6.45, 7) is 0.744. The third-order valence-corrected chi connectivity index (χ3v) is 3.20. The largest absolute Gasteiger partial charge is 0.487 e. The third kappa shape index (κ3) is 5.43. The summed E-state index contributed by atoms with van der Waals surface area (Å²) >= 11 is 0. The highest BCUT2D eigenvalue weighted by Crippen LogP contribution is 2.25. The second kappa shape index (κ2) is 8.53. The van der Waals surface area contributed by atoms with Gasteiger partial charge in [0.15, 0.2) is 5.75 Å². The fraction of sp³-hybridized carbons (Fsp3) is 0.235. The zero-order valence-electron chi connectivity index (χ0n) is 12.6. The maximum Gasteiger partial charge on any atom is 0.310 e. The van der Waals surface area contributed by atoms with E-state index in [1.54, 1.807) is 18.2 Å². The number of benzene rings is 2. The molecular weight excluding hydrogens is 296 g/mol. The Labute approximate surface area is 134 Å². The fourth-order valence-electron chi connectivity index (χ4n) is 2.03. The molecule has 0 spiro atoms. The predicted octanol–water partition coefficient (Wildman–Crippen LogP) is 3.07. The number of ether oxygens (including phenoxy) is 1. The highest BCUT2D eigenvalue weighted by molar-refractivity contribution is 5.75. The van der Waals surface area contributed by atoms with Gasteiger partial charge in [-0.25, -0.2) is 0 Å². The monoisotopic (exact) mass is 314 g/mol. The second-order valence-corrected chi connectivity index (χ2v) is 4.94. The molecule has 1 N–H and O–H groups in total.